The van der Waals surface area contributed by atoms with Gasteiger partial charge in [-0.25, -0.2) is 0 Å². The number of nitrogen functional groups attached to an aromatic ring is 1. The van der Waals surface area contributed by atoms with Gasteiger partial charge in [0.05, 0.1) is 19.0 Å². The zero-order valence-electron chi connectivity index (χ0n) is 11.5. The summed E-state index contributed by atoms with van der Waals surface area (Å²) in [5.41, 5.74) is 7.29. The molecule has 21 heavy (non-hydrogen) atoms. The van der Waals surface area contributed by atoms with Crippen LogP contribution in [0.5, 0.6) is 5.75 Å². The number of rotatable bonds is 3. The molecule has 4 nitrogen and oxygen atoms in total. The van der Waals surface area contributed by atoms with Crippen molar-refractivity contribution < 1.29 is 9.53 Å². The molecule has 0 saturated carbocycles. The number of ketones is 1. The van der Waals surface area contributed by atoms with Crippen LogP contribution >= 0.6 is 0 Å². The number of methoxy groups -OCH3 is 1. The number of hydrogen-bond donors (Lipinski definition) is 1. The molecular weight excluding hydrogens is 264 g/mol. The Bertz CT molecular complexity index is 828. The molecule has 0 amide bonds. The van der Waals surface area contributed by atoms with E-state index in [-0.39, 0.29) is 5.78 Å². The summed E-state index contributed by atoms with van der Waals surface area (Å²) in [6.45, 7) is 0. The lowest BCUT2D eigenvalue weighted by Crippen LogP contribution is -2.06. The number of pyridine rings is 1. The molecule has 1 aromatic heterocycles. The molecule has 104 valence electrons. The normalized spacial score (nSPS) is 10.5. The van der Waals surface area contributed by atoms with Gasteiger partial charge in [-0.05, 0) is 23.6 Å². The lowest BCUT2D eigenvalue weighted by atomic mass is 9.96. The van der Waals surface area contributed by atoms with Crippen LogP contribution < -0.4 is 10.5 Å². The number of hydrogen-bond acceptors (Lipinski definition) is 4. The van der Waals surface area contributed by atoms with Crippen molar-refractivity contribution in [1.29, 1.82) is 0 Å². The molecule has 1 heterocycles. The van der Waals surface area contributed by atoms with E-state index in [0.29, 0.717) is 16.8 Å². The summed E-state index contributed by atoms with van der Waals surface area (Å²) >= 11 is 0. The monoisotopic (exact) mass is 278 g/mol. The minimum Gasteiger partial charge on any atom is -0.496 e. The van der Waals surface area contributed by atoms with Crippen molar-refractivity contribution >= 4 is 22.2 Å². The summed E-state index contributed by atoms with van der Waals surface area (Å²) in [6.07, 6.45) is 3.05. The van der Waals surface area contributed by atoms with E-state index < -0.39 is 0 Å². The zero-order valence-corrected chi connectivity index (χ0v) is 11.5. The molecule has 0 spiro atoms. The molecule has 2 N–H and O–H groups in total. The fourth-order valence-corrected chi connectivity index (χ4v) is 2.41. The molecule has 4 heteroatoms. The SMILES string of the molecule is COc1ccc(C(=O)c2ccncc2N)c2ccccc12. The minimum absolute atomic E-state index is 0.117. The van der Waals surface area contributed by atoms with Crippen LogP contribution in [0.3, 0.4) is 0 Å². The highest BCUT2D eigenvalue weighted by atomic mass is 16.5. The van der Waals surface area contributed by atoms with Gasteiger partial charge in [-0.3, -0.25) is 9.78 Å². The Hall–Kier alpha value is -2.88. The number of aromatic nitrogens is 1. The van der Waals surface area contributed by atoms with E-state index >= 15 is 0 Å². The number of benzene rings is 2. The maximum atomic E-state index is 12.7. The Morgan fingerprint density at radius 3 is 2.52 bits per heavy atom. The van der Waals surface area contributed by atoms with Crippen LogP contribution in [0.4, 0.5) is 5.69 Å². The largest absolute Gasteiger partial charge is 0.496 e. The van der Waals surface area contributed by atoms with Crippen molar-refractivity contribution in [3.8, 4) is 5.75 Å². The summed E-state index contributed by atoms with van der Waals surface area (Å²) in [7, 11) is 1.62. The first-order valence-electron chi connectivity index (χ1n) is 6.52. The number of nitrogens with two attached hydrogens (primary N) is 1. The highest BCUT2D eigenvalue weighted by molar-refractivity contribution is 6.19. The van der Waals surface area contributed by atoms with Gasteiger partial charge in [-0.2, -0.15) is 0 Å². The second-order valence-corrected chi connectivity index (χ2v) is 4.65. The van der Waals surface area contributed by atoms with Crippen LogP contribution in [0.1, 0.15) is 15.9 Å². The predicted molar refractivity (Wildman–Crippen MR) is 82.6 cm³/mol. The summed E-state index contributed by atoms with van der Waals surface area (Å²) in [6, 6.07) is 12.9. The summed E-state index contributed by atoms with van der Waals surface area (Å²) in [5.74, 6) is 0.624. The van der Waals surface area contributed by atoms with Crippen LogP contribution in [0.15, 0.2) is 54.9 Å². The van der Waals surface area contributed by atoms with Crippen LogP contribution in [0.2, 0.25) is 0 Å². The smallest absolute Gasteiger partial charge is 0.195 e. The molecule has 0 aliphatic carbocycles. The van der Waals surface area contributed by atoms with Gasteiger partial charge < -0.3 is 10.5 Å². The van der Waals surface area contributed by atoms with E-state index in [1.165, 1.54) is 6.20 Å². The number of anilines is 1. The average molecular weight is 278 g/mol. The molecule has 0 atom stereocenters. The lowest BCUT2D eigenvalue weighted by molar-refractivity contribution is 0.104. The first kappa shape index (κ1) is 13.1. The molecule has 0 fully saturated rings. The van der Waals surface area contributed by atoms with E-state index in [0.717, 1.165) is 16.5 Å². The molecule has 0 saturated heterocycles. The molecule has 0 bridgehead atoms. The van der Waals surface area contributed by atoms with Gasteiger partial charge in [0.15, 0.2) is 5.78 Å². The molecular formula is C17H14N2O2. The van der Waals surface area contributed by atoms with Crippen molar-refractivity contribution in [1.82, 2.24) is 4.98 Å². The van der Waals surface area contributed by atoms with Gasteiger partial charge in [-0.1, -0.05) is 24.3 Å². The van der Waals surface area contributed by atoms with Gasteiger partial charge in [0, 0.05) is 22.7 Å². The second kappa shape index (κ2) is 5.25. The van der Waals surface area contributed by atoms with E-state index in [1.54, 1.807) is 31.5 Å². The molecule has 2 aromatic carbocycles. The molecule has 3 aromatic rings. The third kappa shape index (κ3) is 2.21. The van der Waals surface area contributed by atoms with Crippen LogP contribution in [0.25, 0.3) is 10.8 Å². The third-order valence-electron chi connectivity index (χ3n) is 3.45. The molecule has 0 aliphatic rings. The van der Waals surface area contributed by atoms with Crippen molar-refractivity contribution in [2.24, 2.45) is 0 Å². The highest BCUT2D eigenvalue weighted by Gasteiger charge is 2.16. The van der Waals surface area contributed by atoms with E-state index in [1.807, 2.05) is 24.3 Å². The topological polar surface area (TPSA) is 65.2 Å². The summed E-state index contributed by atoms with van der Waals surface area (Å²) in [4.78, 5) is 16.6. The van der Waals surface area contributed by atoms with E-state index in [4.69, 9.17) is 10.5 Å². The summed E-state index contributed by atoms with van der Waals surface area (Å²) in [5, 5.41) is 1.75. The number of carbonyl (C=O) groups is 1. The average Bonchev–Trinajstić information content (AvgIpc) is 2.53. The molecule has 0 aliphatic heterocycles. The van der Waals surface area contributed by atoms with Crippen molar-refractivity contribution in [2.45, 2.75) is 0 Å². The van der Waals surface area contributed by atoms with Crippen molar-refractivity contribution in [3.63, 3.8) is 0 Å². The Morgan fingerprint density at radius 2 is 1.81 bits per heavy atom. The minimum atomic E-state index is -0.117. The predicted octanol–water partition coefficient (Wildman–Crippen LogP) is 3.06. The number of fused-ring (bicyclic) bond motifs is 1. The molecule has 0 radical (unpaired) electrons. The van der Waals surface area contributed by atoms with E-state index in [2.05, 4.69) is 4.98 Å². The Labute approximate surface area is 122 Å². The Morgan fingerprint density at radius 1 is 1.05 bits per heavy atom. The third-order valence-corrected chi connectivity index (χ3v) is 3.45. The first-order valence-corrected chi connectivity index (χ1v) is 6.52. The van der Waals surface area contributed by atoms with Gasteiger partial charge >= 0.3 is 0 Å². The van der Waals surface area contributed by atoms with Crippen molar-refractivity contribution in [3.05, 3.63) is 66.0 Å². The number of nitrogens with zero attached hydrogens (tertiary/aromatic N) is 1. The molecule has 0 unspecified atom stereocenters. The van der Waals surface area contributed by atoms with Crippen LogP contribution in [-0.2, 0) is 0 Å². The van der Waals surface area contributed by atoms with Gasteiger partial charge in [-0.15, -0.1) is 0 Å². The van der Waals surface area contributed by atoms with Gasteiger partial charge in [0.2, 0.25) is 0 Å². The van der Waals surface area contributed by atoms with E-state index in [9.17, 15) is 4.79 Å². The fourth-order valence-electron chi connectivity index (χ4n) is 2.41. The van der Waals surface area contributed by atoms with Crippen molar-refractivity contribution in [2.75, 3.05) is 12.8 Å². The van der Waals surface area contributed by atoms with Gasteiger partial charge in [0.25, 0.3) is 0 Å². The second-order valence-electron chi connectivity index (χ2n) is 4.65. The van der Waals surface area contributed by atoms with Crippen LogP contribution in [0, 0.1) is 0 Å². The molecule has 3 rings (SSSR count). The number of ether oxygens (including phenoxy) is 1. The van der Waals surface area contributed by atoms with Crippen LogP contribution in [-0.4, -0.2) is 17.9 Å². The first-order chi connectivity index (χ1) is 10.2. The maximum absolute atomic E-state index is 12.7. The quantitative estimate of drug-likeness (QED) is 0.748. The lowest BCUT2D eigenvalue weighted by Gasteiger charge is -2.10. The zero-order chi connectivity index (χ0) is 14.8. The number of carbonyl (C=O) groups excluding carboxylic acids is 1. The Kier molecular flexibility index (Phi) is 3.28. The standard InChI is InChI=1S/C17H14N2O2/c1-21-16-7-6-13(11-4-2-3-5-12(11)16)17(20)14-8-9-19-10-15(14)18/h2-10H,18H2,1H3. The highest BCUT2D eigenvalue weighted by Crippen LogP contribution is 2.30. The summed E-state index contributed by atoms with van der Waals surface area (Å²) < 4.78 is 5.35. The van der Waals surface area contributed by atoms with Gasteiger partial charge in [0.1, 0.15) is 5.75 Å². The fraction of sp³-hybridized carbons (Fsp3) is 0.0588. The maximum Gasteiger partial charge on any atom is 0.195 e. The Balaban J connectivity index is 2.22.